The fourth-order valence-corrected chi connectivity index (χ4v) is 4.14. The molecule has 8 nitrogen and oxygen atoms in total. The van der Waals surface area contributed by atoms with Crippen LogP contribution in [0.2, 0.25) is 0 Å². The monoisotopic (exact) mass is 446 g/mol. The number of nitrogens with one attached hydrogen (secondary N) is 1. The Balaban J connectivity index is 1.89. The Hall–Kier alpha value is -3.94. The highest BCUT2D eigenvalue weighted by atomic mass is 16.5. The van der Waals surface area contributed by atoms with Crippen molar-refractivity contribution in [3.63, 3.8) is 0 Å². The standard InChI is InChI=1S/C25H26N4O4/c1-14(2)33-19-9-5-8-18(11-19)22-21(23(30)20-15(3)27-28-16(20)4)24(31)25(32)29(22)13-17-7-6-10-26-12-17/h5-12,14,22,30H,13H2,1-4H3,(H,27,28)/b23-21+/t22-/m1/s1. The molecule has 1 aromatic carbocycles. The number of aliphatic hydroxyl groups is 1. The van der Waals surface area contributed by atoms with Crippen LogP contribution in [0.5, 0.6) is 5.75 Å². The molecule has 0 bridgehead atoms. The average Bonchev–Trinajstić information content (AvgIpc) is 3.24. The van der Waals surface area contributed by atoms with Gasteiger partial charge in [0.25, 0.3) is 11.7 Å². The normalized spacial score (nSPS) is 17.7. The predicted octanol–water partition coefficient (Wildman–Crippen LogP) is 3.83. The quantitative estimate of drug-likeness (QED) is 0.338. The number of benzene rings is 1. The lowest BCUT2D eigenvalue weighted by molar-refractivity contribution is -0.140. The Bertz CT molecular complexity index is 1210. The van der Waals surface area contributed by atoms with Gasteiger partial charge in [0, 0.05) is 24.6 Å². The molecule has 1 aliphatic rings. The maximum Gasteiger partial charge on any atom is 0.295 e. The van der Waals surface area contributed by atoms with E-state index in [2.05, 4.69) is 15.2 Å². The van der Waals surface area contributed by atoms with Crippen molar-refractivity contribution in [1.82, 2.24) is 20.1 Å². The summed E-state index contributed by atoms with van der Waals surface area (Å²) in [7, 11) is 0. The molecular formula is C25H26N4O4. The topological polar surface area (TPSA) is 108 Å². The van der Waals surface area contributed by atoms with Gasteiger partial charge in [-0.1, -0.05) is 18.2 Å². The highest BCUT2D eigenvalue weighted by molar-refractivity contribution is 6.46. The molecule has 0 unspecified atom stereocenters. The average molecular weight is 447 g/mol. The fraction of sp³-hybridized carbons (Fsp3) is 0.280. The molecular weight excluding hydrogens is 420 g/mol. The van der Waals surface area contributed by atoms with E-state index in [0.29, 0.717) is 28.3 Å². The van der Waals surface area contributed by atoms with Gasteiger partial charge >= 0.3 is 0 Å². The SMILES string of the molecule is Cc1n[nH]c(C)c1/C(O)=C1\C(=O)C(=O)N(Cc2cccnc2)[C@@H]1c1cccc(OC(C)C)c1. The second kappa shape index (κ2) is 8.90. The van der Waals surface area contributed by atoms with Gasteiger partial charge in [-0.25, -0.2) is 0 Å². The van der Waals surface area contributed by atoms with Crippen molar-refractivity contribution in [1.29, 1.82) is 0 Å². The second-order valence-corrected chi connectivity index (χ2v) is 8.34. The van der Waals surface area contributed by atoms with Crippen molar-refractivity contribution in [3.05, 3.63) is 82.4 Å². The minimum absolute atomic E-state index is 0.0261. The van der Waals surface area contributed by atoms with E-state index in [1.807, 2.05) is 38.1 Å². The Kier molecular flexibility index (Phi) is 6.00. The Morgan fingerprint density at radius 3 is 2.64 bits per heavy atom. The van der Waals surface area contributed by atoms with Gasteiger partial charge in [-0.05, 0) is 57.0 Å². The third-order valence-corrected chi connectivity index (χ3v) is 5.53. The van der Waals surface area contributed by atoms with E-state index in [1.54, 1.807) is 38.4 Å². The third kappa shape index (κ3) is 4.24. The molecule has 1 fully saturated rings. The summed E-state index contributed by atoms with van der Waals surface area (Å²) in [5.74, 6) is -1.05. The number of likely N-dealkylation sites (tertiary alicyclic amines) is 1. The van der Waals surface area contributed by atoms with E-state index in [1.165, 1.54) is 4.90 Å². The highest BCUT2D eigenvalue weighted by Crippen LogP contribution is 2.41. The van der Waals surface area contributed by atoms with Crippen LogP contribution < -0.4 is 4.74 Å². The van der Waals surface area contributed by atoms with Crippen molar-refractivity contribution >= 4 is 17.4 Å². The molecule has 3 heterocycles. The summed E-state index contributed by atoms with van der Waals surface area (Å²) in [6.07, 6.45) is 3.25. The number of aryl methyl sites for hydroxylation is 2. The van der Waals surface area contributed by atoms with E-state index in [-0.39, 0.29) is 24.0 Å². The predicted molar refractivity (Wildman–Crippen MR) is 122 cm³/mol. The van der Waals surface area contributed by atoms with E-state index < -0.39 is 17.7 Å². The van der Waals surface area contributed by atoms with Gasteiger partial charge in [-0.2, -0.15) is 5.10 Å². The van der Waals surface area contributed by atoms with Crippen LogP contribution in [0.15, 0.2) is 54.4 Å². The van der Waals surface area contributed by atoms with Crippen LogP contribution in [0.1, 0.15) is 48.0 Å². The van der Waals surface area contributed by atoms with Gasteiger partial charge in [0.2, 0.25) is 0 Å². The number of hydrogen-bond acceptors (Lipinski definition) is 6. The molecule has 1 atom stereocenters. The molecule has 3 aromatic rings. The van der Waals surface area contributed by atoms with Crippen molar-refractivity contribution < 1.29 is 19.4 Å². The molecule has 4 rings (SSSR count). The first-order valence-corrected chi connectivity index (χ1v) is 10.7. The molecule has 170 valence electrons. The fourth-order valence-electron chi connectivity index (χ4n) is 4.14. The van der Waals surface area contributed by atoms with Crippen molar-refractivity contribution in [2.75, 3.05) is 0 Å². The molecule has 2 N–H and O–H groups in total. The maximum absolute atomic E-state index is 13.2. The molecule has 33 heavy (non-hydrogen) atoms. The van der Waals surface area contributed by atoms with Gasteiger partial charge in [0.1, 0.15) is 11.5 Å². The number of aromatic amines is 1. The van der Waals surface area contributed by atoms with E-state index in [9.17, 15) is 14.7 Å². The first-order valence-electron chi connectivity index (χ1n) is 10.7. The number of nitrogens with zero attached hydrogens (tertiary/aromatic N) is 3. The van der Waals surface area contributed by atoms with Gasteiger partial charge in [-0.3, -0.25) is 19.7 Å². The Labute approximate surface area is 191 Å². The number of H-pyrrole nitrogens is 1. The zero-order valence-electron chi connectivity index (χ0n) is 19.0. The number of rotatable bonds is 6. The molecule has 8 heteroatoms. The minimum atomic E-state index is -0.797. The van der Waals surface area contributed by atoms with Crippen molar-refractivity contribution in [3.8, 4) is 5.75 Å². The van der Waals surface area contributed by atoms with Crippen molar-refractivity contribution in [2.24, 2.45) is 0 Å². The number of Topliss-reactive ketones (excluding diaryl/α,β-unsaturated/α-hetero) is 1. The molecule has 1 saturated heterocycles. The number of hydrogen-bond donors (Lipinski definition) is 2. The van der Waals surface area contributed by atoms with E-state index >= 15 is 0 Å². The number of ether oxygens (including phenoxy) is 1. The van der Waals surface area contributed by atoms with E-state index in [4.69, 9.17) is 4.74 Å². The molecule has 1 aliphatic heterocycles. The van der Waals surface area contributed by atoms with Crippen LogP contribution in [0, 0.1) is 13.8 Å². The van der Waals surface area contributed by atoms with Crippen LogP contribution in [0.4, 0.5) is 0 Å². The molecule has 0 saturated carbocycles. The number of carbonyl (C=O) groups is 2. The van der Waals surface area contributed by atoms with Crippen LogP contribution in [-0.4, -0.2) is 43.0 Å². The highest BCUT2D eigenvalue weighted by Gasteiger charge is 2.46. The van der Waals surface area contributed by atoms with Gasteiger partial charge in [0.05, 0.1) is 29.0 Å². The summed E-state index contributed by atoms with van der Waals surface area (Å²) in [5, 5.41) is 18.2. The van der Waals surface area contributed by atoms with Crippen LogP contribution in [0.3, 0.4) is 0 Å². The van der Waals surface area contributed by atoms with E-state index in [0.717, 1.165) is 5.56 Å². The lowest BCUT2D eigenvalue weighted by atomic mass is 9.94. The summed E-state index contributed by atoms with van der Waals surface area (Å²) in [6.45, 7) is 7.50. The third-order valence-electron chi connectivity index (χ3n) is 5.53. The summed E-state index contributed by atoms with van der Waals surface area (Å²) >= 11 is 0. The Morgan fingerprint density at radius 2 is 2.00 bits per heavy atom. The molecule has 0 spiro atoms. The molecule has 0 aliphatic carbocycles. The molecule has 2 aromatic heterocycles. The summed E-state index contributed by atoms with van der Waals surface area (Å²) < 4.78 is 5.84. The number of pyridine rings is 1. The largest absolute Gasteiger partial charge is 0.507 e. The summed E-state index contributed by atoms with van der Waals surface area (Å²) in [6, 6.07) is 10.1. The van der Waals surface area contributed by atoms with Crippen molar-refractivity contribution in [2.45, 2.75) is 46.4 Å². The zero-order chi connectivity index (χ0) is 23.7. The van der Waals surface area contributed by atoms with Gasteiger partial charge < -0.3 is 14.7 Å². The summed E-state index contributed by atoms with van der Waals surface area (Å²) in [5.41, 5.74) is 3.04. The number of aliphatic hydroxyl groups excluding tert-OH is 1. The number of carbonyl (C=O) groups excluding carboxylic acids is 2. The van der Waals surface area contributed by atoms with Crippen LogP contribution >= 0.6 is 0 Å². The first kappa shape index (κ1) is 22.3. The number of amides is 1. The minimum Gasteiger partial charge on any atom is -0.507 e. The second-order valence-electron chi connectivity index (χ2n) is 8.34. The van der Waals surface area contributed by atoms with Crippen LogP contribution in [0.25, 0.3) is 5.76 Å². The lowest BCUT2D eigenvalue weighted by Gasteiger charge is -2.26. The lowest BCUT2D eigenvalue weighted by Crippen LogP contribution is -2.29. The summed E-state index contributed by atoms with van der Waals surface area (Å²) in [4.78, 5) is 32.0. The first-order chi connectivity index (χ1) is 15.8. The van der Waals surface area contributed by atoms with Gasteiger partial charge in [0.15, 0.2) is 0 Å². The number of ketones is 1. The maximum atomic E-state index is 13.2. The number of aromatic nitrogens is 3. The zero-order valence-corrected chi connectivity index (χ0v) is 19.0. The molecule has 0 radical (unpaired) electrons. The van der Waals surface area contributed by atoms with Gasteiger partial charge in [-0.15, -0.1) is 0 Å². The molecule has 1 amide bonds. The van der Waals surface area contributed by atoms with Crippen LogP contribution in [-0.2, 0) is 16.1 Å². The smallest absolute Gasteiger partial charge is 0.295 e. The Morgan fingerprint density at radius 1 is 1.21 bits per heavy atom.